The first-order chi connectivity index (χ1) is 9.61. The number of hydrogen-bond acceptors (Lipinski definition) is 4. The summed E-state index contributed by atoms with van der Waals surface area (Å²) in [6, 6.07) is 9.48. The van der Waals surface area contributed by atoms with Crippen LogP contribution in [0.1, 0.15) is 9.67 Å². The highest BCUT2D eigenvalue weighted by Gasteiger charge is 2.20. The number of benzene rings is 1. The molecule has 1 N–H and O–H groups in total. The normalized spacial score (nSPS) is 10.7. The van der Waals surface area contributed by atoms with Crippen molar-refractivity contribution in [2.45, 2.75) is 0 Å². The van der Waals surface area contributed by atoms with Crippen molar-refractivity contribution in [2.75, 3.05) is 26.8 Å². The molecule has 0 bridgehead atoms. The van der Waals surface area contributed by atoms with Gasteiger partial charge in [0.25, 0.3) is 5.91 Å². The van der Waals surface area contributed by atoms with Crippen LogP contribution in [0, 0.1) is 0 Å². The van der Waals surface area contributed by atoms with Gasteiger partial charge in [0, 0.05) is 18.4 Å². The fourth-order valence-electron chi connectivity index (χ4n) is 1.86. The molecule has 106 valence electrons. The highest BCUT2D eigenvalue weighted by atomic mass is 32.1. The summed E-state index contributed by atoms with van der Waals surface area (Å²) in [5.74, 6) is -1.30. The maximum absolute atomic E-state index is 12.4. The van der Waals surface area contributed by atoms with Gasteiger partial charge in [0.2, 0.25) is 0 Å². The maximum Gasteiger partial charge on any atom is 0.323 e. The van der Waals surface area contributed by atoms with Gasteiger partial charge in [0.05, 0.1) is 11.5 Å². The van der Waals surface area contributed by atoms with Crippen LogP contribution in [0.25, 0.3) is 10.1 Å². The fraction of sp³-hybridized carbons (Fsp3) is 0.286. The van der Waals surface area contributed by atoms with Crippen molar-refractivity contribution in [3.63, 3.8) is 0 Å². The molecule has 1 heterocycles. The third kappa shape index (κ3) is 3.34. The van der Waals surface area contributed by atoms with Crippen molar-refractivity contribution < 1.29 is 19.4 Å². The summed E-state index contributed by atoms with van der Waals surface area (Å²) in [5, 5.41) is 9.88. The van der Waals surface area contributed by atoms with Gasteiger partial charge in [-0.15, -0.1) is 11.3 Å². The number of carboxylic acid groups (broad SMARTS) is 1. The minimum absolute atomic E-state index is 0.260. The lowest BCUT2D eigenvalue weighted by molar-refractivity contribution is -0.137. The molecule has 0 saturated carbocycles. The molecule has 6 heteroatoms. The van der Waals surface area contributed by atoms with Crippen LogP contribution in [0.5, 0.6) is 0 Å². The van der Waals surface area contributed by atoms with E-state index < -0.39 is 5.97 Å². The van der Waals surface area contributed by atoms with Crippen molar-refractivity contribution in [1.29, 1.82) is 0 Å². The monoisotopic (exact) mass is 293 g/mol. The Morgan fingerprint density at radius 2 is 2.10 bits per heavy atom. The Hall–Kier alpha value is -1.92. The lowest BCUT2D eigenvalue weighted by Gasteiger charge is -2.19. The Morgan fingerprint density at radius 1 is 1.35 bits per heavy atom. The van der Waals surface area contributed by atoms with Crippen LogP contribution >= 0.6 is 11.3 Å². The lowest BCUT2D eigenvalue weighted by atomic mass is 10.2. The van der Waals surface area contributed by atoms with E-state index in [0.717, 1.165) is 10.1 Å². The maximum atomic E-state index is 12.4. The molecule has 0 saturated heterocycles. The standard InChI is InChI=1S/C14H15NO4S/c1-19-7-6-15(9-13(16)17)14(18)12-8-10-4-2-3-5-11(10)20-12/h2-5,8H,6-7,9H2,1H3,(H,16,17). The number of nitrogens with zero attached hydrogens (tertiary/aromatic N) is 1. The minimum Gasteiger partial charge on any atom is -0.480 e. The van der Waals surface area contributed by atoms with E-state index in [2.05, 4.69) is 0 Å². The Morgan fingerprint density at radius 3 is 2.75 bits per heavy atom. The van der Waals surface area contributed by atoms with Gasteiger partial charge in [-0.3, -0.25) is 9.59 Å². The molecule has 5 nitrogen and oxygen atoms in total. The van der Waals surface area contributed by atoms with E-state index >= 15 is 0 Å². The quantitative estimate of drug-likeness (QED) is 0.885. The van der Waals surface area contributed by atoms with Crippen molar-refractivity contribution >= 4 is 33.3 Å². The number of fused-ring (bicyclic) bond motifs is 1. The Kier molecular flexibility index (Phi) is 4.70. The third-order valence-corrected chi connectivity index (χ3v) is 3.92. The summed E-state index contributed by atoms with van der Waals surface area (Å²) in [4.78, 5) is 25.1. The Labute approximate surface area is 120 Å². The van der Waals surface area contributed by atoms with Crippen molar-refractivity contribution in [2.24, 2.45) is 0 Å². The van der Waals surface area contributed by atoms with E-state index in [0.29, 0.717) is 11.5 Å². The zero-order chi connectivity index (χ0) is 14.5. The molecule has 1 aromatic carbocycles. The number of thiophene rings is 1. The first kappa shape index (κ1) is 14.5. The number of hydrogen-bond donors (Lipinski definition) is 1. The van der Waals surface area contributed by atoms with Crippen LogP contribution in [-0.4, -0.2) is 48.7 Å². The van der Waals surface area contributed by atoms with E-state index in [9.17, 15) is 9.59 Å². The lowest BCUT2D eigenvalue weighted by Crippen LogP contribution is -2.37. The van der Waals surface area contributed by atoms with Gasteiger partial charge in [-0.1, -0.05) is 18.2 Å². The number of methoxy groups -OCH3 is 1. The molecule has 20 heavy (non-hydrogen) atoms. The Balaban J connectivity index is 2.22. The molecular formula is C14H15NO4S. The van der Waals surface area contributed by atoms with Gasteiger partial charge in [-0.05, 0) is 17.5 Å². The molecule has 0 fully saturated rings. The van der Waals surface area contributed by atoms with E-state index in [1.54, 1.807) is 6.07 Å². The predicted molar refractivity (Wildman–Crippen MR) is 77.2 cm³/mol. The molecule has 0 aliphatic carbocycles. The van der Waals surface area contributed by atoms with Gasteiger partial charge in [0.15, 0.2) is 0 Å². The zero-order valence-electron chi connectivity index (χ0n) is 11.0. The van der Waals surface area contributed by atoms with Crippen molar-refractivity contribution in [1.82, 2.24) is 4.90 Å². The second-order valence-electron chi connectivity index (χ2n) is 4.26. The van der Waals surface area contributed by atoms with E-state index in [4.69, 9.17) is 9.84 Å². The number of rotatable bonds is 6. The van der Waals surface area contributed by atoms with Gasteiger partial charge < -0.3 is 14.7 Å². The number of aliphatic carboxylic acids is 1. The summed E-state index contributed by atoms with van der Waals surface area (Å²) in [5.41, 5.74) is 0. The molecule has 0 aliphatic heterocycles. The first-order valence-electron chi connectivity index (χ1n) is 6.10. The SMILES string of the molecule is COCCN(CC(=O)O)C(=O)c1cc2ccccc2s1. The van der Waals surface area contributed by atoms with Gasteiger partial charge in [0.1, 0.15) is 6.54 Å². The van der Waals surface area contributed by atoms with Crippen LogP contribution in [-0.2, 0) is 9.53 Å². The number of ether oxygens (including phenoxy) is 1. The second-order valence-corrected chi connectivity index (χ2v) is 5.35. The molecule has 0 unspecified atom stereocenters. The third-order valence-electron chi connectivity index (χ3n) is 2.81. The minimum atomic E-state index is -1.03. The van der Waals surface area contributed by atoms with E-state index in [-0.39, 0.29) is 19.0 Å². The smallest absolute Gasteiger partial charge is 0.323 e. The number of carboxylic acids is 1. The molecule has 0 radical (unpaired) electrons. The number of amides is 1. The summed E-state index contributed by atoms with van der Waals surface area (Å²) < 4.78 is 5.93. The van der Waals surface area contributed by atoms with Crippen LogP contribution in [0.3, 0.4) is 0 Å². The Bertz CT molecular complexity index is 589. The van der Waals surface area contributed by atoms with Crippen LogP contribution in [0.4, 0.5) is 0 Å². The van der Waals surface area contributed by atoms with Crippen LogP contribution in [0.15, 0.2) is 30.3 Å². The molecule has 1 amide bonds. The van der Waals surface area contributed by atoms with E-state index in [1.807, 2.05) is 24.3 Å². The van der Waals surface area contributed by atoms with Crippen LogP contribution < -0.4 is 0 Å². The highest BCUT2D eigenvalue weighted by molar-refractivity contribution is 7.20. The topological polar surface area (TPSA) is 66.8 Å². The van der Waals surface area contributed by atoms with Crippen molar-refractivity contribution in [3.8, 4) is 0 Å². The summed E-state index contributed by atoms with van der Waals surface area (Å²) in [6.07, 6.45) is 0. The highest BCUT2D eigenvalue weighted by Crippen LogP contribution is 2.26. The summed E-state index contributed by atoms with van der Waals surface area (Å²) in [7, 11) is 1.52. The molecule has 1 aromatic heterocycles. The average molecular weight is 293 g/mol. The fourth-order valence-corrected chi connectivity index (χ4v) is 2.89. The summed E-state index contributed by atoms with van der Waals surface area (Å²) in [6.45, 7) is 0.246. The van der Waals surface area contributed by atoms with Crippen LogP contribution in [0.2, 0.25) is 0 Å². The second kappa shape index (κ2) is 6.49. The molecule has 0 atom stereocenters. The number of carbonyl (C=O) groups excluding carboxylic acids is 1. The molecular weight excluding hydrogens is 278 g/mol. The molecule has 0 aliphatic rings. The average Bonchev–Trinajstić information content (AvgIpc) is 2.86. The molecule has 0 spiro atoms. The van der Waals surface area contributed by atoms with Gasteiger partial charge in [-0.25, -0.2) is 0 Å². The predicted octanol–water partition coefficient (Wildman–Crippen LogP) is 2.07. The number of carbonyl (C=O) groups is 2. The van der Waals surface area contributed by atoms with E-state index in [1.165, 1.54) is 23.3 Å². The van der Waals surface area contributed by atoms with Crippen molar-refractivity contribution in [3.05, 3.63) is 35.2 Å². The van der Waals surface area contributed by atoms with Gasteiger partial charge in [-0.2, -0.15) is 0 Å². The molecule has 2 rings (SSSR count). The summed E-state index contributed by atoms with van der Waals surface area (Å²) >= 11 is 1.37. The van der Waals surface area contributed by atoms with Gasteiger partial charge >= 0.3 is 5.97 Å². The largest absolute Gasteiger partial charge is 0.480 e. The molecule has 2 aromatic rings. The zero-order valence-corrected chi connectivity index (χ0v) is 11.9. The first-order valence-corrected chi connectivity index (χ1v) is 6.92.